The van der Waals surface area contributed by atoms with Gasteiger partial charge < -0.3 is 19.5 Å². The Morgan fingerprint density at radius 3 is 2.75 bits per heavy atom. The zero-order valence-corrected chi connectivity index (χ0v) is 19.8. The second-order valence-corrected chi connectivity index (χ2v) is 9.13. The Labute approximate surface area is 192 Å². The number of nitrogens with zero attached hydrogens (tertiary/aromatic N) is 2. The van der Waals surface area contributed by atoms with E-state index >= 15 is 0 Å². The maximum atomic E-state index is 12.4. The number of aryl methyl sites for hydroxylation is 2. The van der Waals surface area contributed by atoms with E-state index in [1.807, 2.05) is 13.0 Å². The van der Waals surface area contributed by atoms with Crippen LogP contribution in [0.2, 0.25) is 0 Å². The van der Waals surface area contributed by atoms with Gasteiger partial charge in [0.15, 0.2) is 0 Å². The van der Waals surface area contributed by atoms with Crippen molar-refractivity contribution in [1.82, 2.24) is 9.97 Å². The van der Waals surface area contributed by atoms with Gasteiger partial charge in [0.1, 0.15) is 27.6 Å². The highest BCUT2D eigenvalue weighted by atomic mass is 32.1. The molecule has 1 aliphatic heterocycles. The van der Waals surface area contributed by atoms with Crippen molar-refractivity contribution in [3.05, 3.63) is 46.1 Å². The van der Waals surface area contributed by atoms with Crippen LogP contribution in [-0.2, 0) is 14.9 Å². The lowest BCUT2D eigenvalue weighted by Crippen LogP contribution is -2.40. The van der Waals surface area contributed by atoms with Crippen molar-refractivity contribution in [2.24, 2.45) is 0 Å². The molecular weight excluding hydrogens is 426 g/mol. The summed E-state index contributed by atoms with van der Waals surface area (Å²) in [6.07, 6.45) is 3.30. The molecule has 0 bridgehead atoms. The number of nitrogens with one attached hydrogen (secondary N) is 1. The van der Waals surface area contributed by atoms with Crippen molar-refractivity contribution < 1.29 is 19.0 Å². The highest BCUT2D eigenvalue weighted by Gasteiger charge is 2.37. The number of hydrogen-bond donors (Lipinski definition) is 1. The van der Waals surface area contributed by atoms with E-state index < -0.39 is 0 Å². The molecule has 1 N–H and O–H groups in total. The number of methoxy groups -OCH3 is 1. The van der Waals surface area contributed by atoms with Gasteiger partial charge in [0.2, 0.25) is 0 Å². The van der Waals surface area contributed by atoms with E-state index in [0.29, 0.717) is 31.2 Å². The summed E-state index contributed by atoms with van der Waals surface area (Å²) in [5, 5.41) is 4.46. The van der Waals surface area contributed by atoms with Crippen molar-refractivity contribution in [3.63, 3.8) is 0 Å². The molecule has 1 saturated heterocycles. The van der Waals surface area contributed by atoms with Crippen LogP contribution < -0.4 is 10.1 Å². The van der Waals surface area contributed by atoms with Gasteiger partial charge in [-0.05, 0) is 45.2 Å². The normalized spacial score (nSPS) is 15.5. The highest BCUT2D eigenvalue weighted by Crippen LogP contribution is 2.41. The Kier molecular flexibility index (Phi) is 6.62. The molecule has 0 spiro atoms. The fourth-order valence-corrected chi connectivity index (χ4v) is 5.43. The van der Waals surface area contributed by atoms with Crippen LogP contribution in [0, 0.1) is 13.8 Å². The van der Waals surface area contributed by atoms with Crippen molar-refractivity contribution in [2.75, 3.05) is 38.8 Å². The summed E-state index contributed by atoms with van der Waals surface area (Å²) < 4.78 is 16.6. The molecule has 3 aromatic rings. The largest absolute Gasteiger partial charge is 0.496 e. The van der Waals surface area contributed by atoms with E-state index in [-0.39, 0.29) is 11.4 Å². The number of thiophene rings is 1. The third-order valence-electron chi connectivity index (χ3n) is 6.16. The highest BCUT2D eigenvalue weighted by molar-refractivity contribution is 7.20. The number of fused-ring (bicyclic) bond motifs is 1. The number of benzene rings is 1. The molecule has 0 atom stereocenters. The number of ether oxygens (including phenoxy) is 3. The van der Waals surface area contributed by atoms with E-state index in [0.717, 1.165) is 40.2 Å². The first kappa shape index (κ1) is 22.5. The SMILES string of the molecule is CCOC(=O)c1sc2ncnc(NCC3(c4cc(C)ccc4OC)CCOCC3)c2c1C. The van der Waals surface area contributed by atoms with Crippen LogP contribution in [0.15, 0.2) is 24.5 Å². The summed E-state index contributed by atoms with van der Waals surface area (Å²) in [7, 11) is 1.72. The van der Waals surface area contributed by atoms with E-state index in [4.69, 9.17) is 14.2 Å². The summed E-state index contributed by atoms with van der Waals surface area (Å²) >= 11 is 1.35. The second-order valence-electron chi connectivity index (χ2n) is 8.13. The van der Waals surface area contributed by atoms with Crippen LogP contribution in [0.3, 0.4) is 0 Å². The summed E-state index contributed by atoms with van der Waals surface area (Å²) in [4.78, 5) is 22.7. The summed E-state index contributed by atoms with van der Waals surface area (Å²) in [6.45, 7) is 8.24. The molecule has 8 heteroatoms. The molecule has 0 amide bonds. The summed E-state index contributed by atoms with van der Waals surface area (Å²) in [6, 6.07) is 6.33. The molecular formula is C24H29N3O4S. The Hall–Kier alpha value is -2.71. The van der Waals surface area contributed by atoms with Crippen LogP contribution in [0.4, 0.5) is 5.82 Å². The maximum absolute atomic E-state index is 12.4. The molecule has 1 aromatic carbocycles. The molecule has 0 radical (unpaired) electrons. The molecule has 3 heterocycles. The number of carbonyl (C=O) groups is 1. The first-order chi connectivity index (χ1) is 15.5. The standard InChI is InChI=1S/C24H29N3O4S/c1-5-31-23(28)20-16(3)19-21(26-14-27-22(19)32-20)25-13-24(8-10-30-11-9-24)17-12-15(2)6-7-18(17)29-4/h6-7,12,14H,5,8-11,13H2,1-4H3,(H,25,26,27). The Balaban J connectivity index is 1.70. The van der Waals surface area contributed by atoms with Crippen LogP contribution in [0.1, 0.15) is 46.1 Å². The lowest BCUT2D eigenvalue weighted by Gasteiger charge is -2.39. The lowest BCUT2D eigenvalue weighted by atomic mass is 9.73. The maximum Gasteiger partial charge on any atom is 0.348 e. The third kappa shape index (κ3) is 4.17. The number of esters is 1. The minimum Gasteiger partial charge on any atom is -0.496 e. The molecule has 1 fully saturated rings. The van der Waals surface area contributed by atoms with Gasteiger partial charge in [0.05, 0.1) is 19.1 Å². The molecule has 0 aliphatic carbocycles. The number of aromatic nitrogens is 2. The Morgan fingerprint density at radius 1 is 1.25 bits per heavy atom. The molecule has 1 aliphatic rings. The monoisotopic (exact) mass is 455 g/mol. The molecule has 2 aromatic heterocycles. The molecule has 170 valence electrons. The quantitative estimate of drug-likeness (QED) is 0.519. The fourth-order valence-electron chi connectivity index (χ4n) is 4.39. The van der Waals surface area contributed by atoms with E-state index in [1.165, 1.54) is 22.5 Å². The van der Waals surface area contributed by atoms with Gasteiger partial charge in [-0.2, -0.15) is 0 Å². The van der Waals surface area contributed by atoms with Gasteiger partial charge >= 0.3 is 5.97 Å². The molecule has 32 heavy (non-hydrogen) atoms. The predicted molar refractivity (Wildman–Crippen MR) is 126 cm³/mol. The Bertz CT molecular complexity index is 1120. The smallest absolute Gasteiger partial charge is 0.348 e. The fraction of sp³-hybridized carbons (Fsp3) is 0.458. The van der Waals surface area contributed by atoms with Gasteiger partial charge in [0.25, 0.3) is 0 Å². The van der Waals surface area contributed by atoms with Crippen LogP contribution >= 0.6 is 11.3 Å². The first-order valence-electron chi connectivity index (χ1n) is 10.9. The minimum atomic E-state index is -0.315. The number of rotatable bonds is 7. The summed E-state index contributed by atoms with van der Waals surface area (Å²) in [5.74, 6) is 1.31. The van der Waals surface area contributed by atoms with E-state index in [9.17, 15) is 4.79 Å². The van der Waals surface area contributed by atoms with Gasteiger partial charge in [-0.15, -0.1) is 11.3 Å². The van der Waals surface area contributed by atoms with Crippen LogP contribution in [0.25, 0.3) is 10.2 Å². The zero-order valence-electron chi connectivity index (χ0n) is 19.0. The Morgan fingerprint density at radius 2 is 2.03 bits per heavy atom. The molecule has 7 nitrogen and oxygen atoms in total. The number of hydrogen-bond acceptors (Lipinski definition) is 8. The van der Waals surface area contributed by atoms with Gasteiger partial charge in [-0.3, -0.25) is 0 Å². The predicted octanol–water partition coefficient (Wildman–Crippen LogP) is 4.65. The first-order valence-corrected chi connectivity index (χ1v) is 11.7. The van der Waals surface area contributed by atoms with Crippen molar-refractivity contribution in [1.29, 1.82) is 0 Å². The van der Waals surface area contributed by atoms with E-state index in [1.54, 1.807) is 20.4 Å². The van der Waals surface area contributed by atoms with Crippen molar-refractivity contribution in [2.45, 2.75) is 39.0 Å². The van der Waals surface area contributed by atoms with E-state index in [2.05, 4.69) is 34.3 Å². The van der Waals surface area contributed by atoms with Crippen LogP contribution in [-0.4, -0.2) is 49.4 Å². The number of carbonyl (C=O) groups excluding carboxylic acids is 1. The summed E-state index contributed by atoms with van der Waals surface area (Å²) in [5.41, 5.74) is 3.08. The van der Waals surface area contributed by atoms with Crippen molar-refractivity contribution in [3.8, 4) is 5.75 Å². The zero-order chi connectivity index (χ0) is 22.7. The second kappa shape index (κ2) is 9.42. The number of anilines is 1. The van der Waals surface area contributed by atoms with Gasteiger partial charge in [-0.25, -0.2) is 14.8 Å². The average Bonchev–Trinajstić information content (AvgIpc) is 3.15. The molecule has 0 unspecified atom stereocenters. The van der Waals surface area contributed by atoms with Crippen LogP contribution in [0.5, 0.6) is 5.75 Å². The van der Waals surface area contributed by atoms with Gasteiger partial charge in [0, 0.05) is 30.7 Å². The van der Waals surface area contributed by atoms with Crippen molar-refractivity contribution >= 4 is 33.3 Å². The topological polar surface area (TPSA) is 82.6 Å². The third-order valence-corrected chi connectivity index (χ3v) is 7.34. The lowest BCUT2D eigenvalue weighted by molar-refractivity contribution is 0.0529. The minimum absolute atomic E-state index is 0.152. The average molecular weight is 456 g/mol. The molecule has 0 saturated carbocycles. The molecule has 4 rings (SSSR count). The van der Waals surface area contributed by atoms with Gasteiger partial charge in [-0.1, -0.05) is 17.7 Å².